The predicted octanol–water partition coefficient (Wildman–Crippen LogP) is 1.91. The molecule has 0 amide bonds. The highest BCUT2D eigenvalue weighted by molar-refractivity contribution is 7.11. The number of ether oxygens (including phenoxy) is 1. The van der Waals surface area contributed by atoms with Crippen molar-refractivity contribution in [2.24, 2.45) is 4.99 Å². The normalized spacial score (nSPS) is 20.5. The number of aromatic nitrogens is 1. The lowest BCUT2D eigenvalue weighted by atomic mass is 10.2. The summed E-state index contributed by atoms with van der Waals surface area (Å²) in [6.07, 6.45) is 3.99. The molecule has 1 aromatic rings. The SMILES string of the molecule is CCNC(=NCC(C)N1CCOCC1C)NCCc1ncc(CC)s1. The molecule has 1 fully saturated rings. The van der Waals surface area contributed by atoms with E-state index < -0.39 is 0 Å². The van der Waals surface area contributed by atoms with Gasteiger partial charge in [0.05, 0.1) is 24.8 Å². The Morgan fingerprint density at radius 3 is 3.00 bits per heavy atom. The van der Waals surface area contributed by atoms with Crippen molar-refractivity contribution in [3.63, 3.8) is 0 Å². The molecule has 6 nitrogen and oxygen atoms in total. The average molecular weight is 368 g/mol. The number of nitrogens with zero attached hydrogens (tertiary/aromatic N) is 3. The number of rotatable bonds is 8. The first-order valence-electron chi connectivity index (χ1n) is 9.43. The van der Waals surface area contributed by atoms with Crippen molar-refractivity contribution < 1.29 is 4.74 Å². The van der Waals surface area contributed by atoms with Crippen molar-refractivity contribution in [3.8, 4) is 0 Å². The lowest BCUT2D eigenvalue weighted by molar-refractivity contribution is -0.0165. The monoisotopic (exact) mass is 367 g/mol. The van der Waals surface area contributed by atoms with Crippen LogP contribution < -0.4 is 10.6 Å². The number of nitrogens with one attached hydrogen (secondary N) is 2. The molecule has 2 N–H and O–H groups in total. The molecule has 2 rings (SSSR count). The Morgan fingerprint density at radius 2 is 2.32 bits per heavy atom. The number of thiazole rings is 1. The maximum absolute atomic E-state index is 5.52. The van der Waals surface area contributed by atoms with E-state index in [1.54, 1.807) is 11.3 Å². The minimum atomic E-state index is 0.417. The summed E-state index contributed by atoms with van der Waals surface area (Å²) >= 11 is 1.81. The lowest BCUT2D eigenvalue weighted by Crippen LogP contribution is -2.49. The third kappa shape index (κ3) is 6.56. The van der Waals surface area contributed by atoms with Crippen molar-refractivity contribution in [3.05, 3.63) is 16.1 Å². The number of morpholine rings is 1. The van der Waals surface area contributed by atoms with Gasteiger partial charge < -0.3 is 15.4 Å². The van der Waals surface area contributed by atoms with E-state index in [0.29, 0.717) is 12.1 Å². The van der Waals surface area contributed by atoms with E-state index in [-0.39, 0.29) is 0 Å². The van der Waals surface area contributed by atoms with E-state index in [2.05, 4.69) is 48.2 Å². The minimum absolute atomic E-state index is 0.417. The molecule has 7 heteroatoms. The highest BCUT2D eigenvalue weighted by Gasteiger charge is 2.23. The van der Waals surface area contributed by atoms with Crippen LogP contribution in [0.15, 0.2) is 11.2 Å². The van der Waals surface area contributed by atoms with Crippen molar-refractivity contribution in [1.82, 2.24) is 20.5 Å². The minimum Gasteiger partial charge on any atom is -0.379 e. The van der Waals surface area contributed by atoms with Gasteiger partial charge in [-0.25, -0.2) is 4.98 Å². The number of hydrogen-bond acceptors (Lipinski definition) is 5. The first-order valence-corrected chi connectivity index (χ1v) is 10.2. The number of hydrogen-bond donors (Lipinski definition) is 2. The van der Waals surface area contributed by atoms with Crippen LogP contribution in [0, 0.1) is 0 Å². The van der Waals surface area contributed by atoms with Crippen LogP contribution >= 0.6 is 11.3 Å². The van der Waals surface area contributed by atoms with Gasteiger partial charge in [0.25, 0.3) is 0 Å². The van der Waals surface area contributed by atoms with Crippen LogP contribution in [0.4, 0.5) is 0 Å². The average Bonchev–Trinajstić information content (AvgIpc) is 3.08. The summed E-state index contributed by atoms with van der Waals surface area (Å²) in [5, 5.41) is 7.95. The van der Waals surface area contributed by atoms with Gasteiger partial charge in [-0.15, -0.1) is 11.3 Å². The zero-order valence-electron chi connectivity index (χ0n) is 16.0. The first-order chi connectivity index (χ1) is 12.1. The van der Waals surface area contributed by atoms with E-state index in [1.807, 2.05) is 6.20 Å². The fraction of sp³-hybridized carbons (Fsp3) is 0.778. The largest absolute Gasteiger partial charge is 0.379 e. The molecule has 0 aliphatic carbocycles. The quantitative estimate of drug-likeness (QED) is 0.543. The number of aliphatic imine (C=N–C) groups is 1. The molecule has 0 bridgehead atoms. The van der Waals surface area contributed by atoms with Crippen LogP contribution in [0.25, 0.3) is 0 Å². The molecule has 1 saturated heterocycles. The van der Waals surface area contributed by atoms with Crippen LogP contribution in [0.5, 0.6) is 0 Å². The van der Waals surface area contributed by atoms with Gasteiger partial charge in [-0.05, 0) is 27.2 Å². The van der Waals surface area contributed by atoms with Crippen molar-refractivity contribution >= 4 is 17.3 Å². The van der Waals surface area contributed by atoms with Crippen molar-refractivity contribution in [2.45, 2.75) is 52.6 Å². The van der Waals surface area contributed by atoms with Gasteiger partial charge in [-0.3, -0.25) is 9.89 Å². The molecule has 25 heavy (non-hydrogen) atoms. The second kappa shape index (κ2) is 10.7. The summed E-state index contributed by atoms with van der Waals surface area (Å²) in [7, 11) is 0. The van der Waals surface area contributed by atoms with Crippen molar-refractivity contribution in [1.29, 1.82) is 0 Å². The van der Waals surface area contributed by atoms with Gasteiger partial charge in [0.1, 0.15) is 0 Å². The van der Waals surface area contributed by atoms with E-state index in [9.17, 15) is 0 Å². The third-order valence-corrected chi connectivity index (χ3v) is 5.63. The Balaban J connectivity index is 1.80. The zero-order valence-corrected chi connectivity index (χ0v) is 16.9. The Bertz CT molecular complexity index is 533. The standard InChI is InChI=1S/C18H33N5OS/c1-5-16-12-21-17(25-16)7-8-20-18(19-6-2)22-11-14(3)23-9-10-24-13-15(23)4/h12,14-15H,5-11,13H2,1-4H3,(H2,19,20,22). The molecule has 2 atom stereocenters. The summed E-state index contributed by atoms with van der Waals surface area (Å²) < 4.78 is 5.52. The number of guanidine groups is 1. The Kier molecular flexibility index (Phi) is 8.64. The summed E-state index contributed by atoms with van der Waals surface area (Å²) in [4.78, 5) is 13.1. The Hall–Kier alpha value is -1.18. The molecule has 0 radical (unpaired) electrons. The number of aryl methyl sites for hydroxylation is 1. The van der Waals surface area contributed by atoms with E-state index in [0.717, 1.165) is 58.2 Å². The summed E-state index contributed by atoms with van der Waals surface area (Å²) in [5.74, 6) is 0.891. The molecule has 142 valence electrons. The van der Waals surface area contributed by atoms with Crippen molar-refractivity contribution in [2.75, 3.05) is 39.4 Å². The van der Waals surface area contributed by atoms with Gasteiger partial charge >= 0.3 is 0 Å². The van der Waals surface area contributed by atoms with Crippen LogP contribution in [0.3, 0.4) is 0 Å². The Labute approximate surface area is 156 Å². The topological polar surface area (TPSA) is 61.8 Å². The van der Waals surface area contributed by atoms with Gasteiger partial charge in [0.2, 0.25) is 0 Å². The van der Waals surface area contributed by atoms with Crippen LogP contribution in [-0.4, -0.2) is 67.3 Å². The van der Waals surface area contributed by atoms with Crippen LogP contribution in [0.2, 0.25) is 0 Å². The molecule has 1 aliphatic rings. The smallest absolute Gasteiger partial charge is 0.191 e. The second-order valence-electron chi connectivity index (χ2n) is 6.48. The molecule has 2 heterocycles. The van der Waals surface area contributed by atoms with Gasteiger partial charge in [0.15, 0.2) is 5.96 Å². The van der Waals surface area contributed by atoms with Gasteiger partial charge in [0, 0.05) is 49.2 Å². The first kappa shape index (κ1) is 20.1. The van der Waals surface area contributed by atoms with E-state index >= 15 is 0 Å². The molecule has 0 aromatic carbocycles. The van der Waals surface area contributed by atoms with E-state index in [1.165, 1.54) is 9.88 Å². The molecule has 0 saturated carbocycles. The van der Waals surface area contributed by atoms with Gasteiger partial charge in [-0.1, -0.05) is 6.92 Å². The summed E-state index contributed by atoms with van der Waals surface area (Å²) in [5.41, 5.74) is 0. The third-order valence-electron chi connectivity index (χ3n) is 4.42. The Morgan fingerprint density at radius 1 is 1.48 bits per heavy atom. The zero-order chi connectivity index (χ0) is 18.1. The highest BCUT2D eigenvalue weighted by atomic mass is 32.1. The maximum atomic E-state index is 5.52. The second-order valence-corrected chi connectivity index (χ2v) is 7.68. The molecule has 2 unspecified atom stereocenters. The molecule has 1 aliphatic heterocycles. The molecule has 1 aromatic heterocycles. The fourth-order valence-corrected chi connectivity index (χ4v) is 3.84. The van der Waals surface area contributed by atoms with Crippen LogP contribution in [-0.2, 0) is 17.6 Å². The highest BCUT2D eigenvalue weighted by Crippen LogP contribution is 2.13. The fourth-order valence-electron chi connectivity index (χ4n) is 2.98. The summed E-state index contributed by atoms with van der Waals surface area (Å²) in [6.45, 7) is 13.9. The predicted molar refractivity (Wildman–Crippen MR) is 106 cm³/mol. The maximum Gasteiger partial charge on any atom is 0.191 e. The lowest BCUT2D eigenvalue weighted by Gasteiger charge is -2.37. The molecule has 0 spiro atoms. The molecular weight excluding hydrogens is 334 g/mol. The van der Waals surface area contributed by atoms with Crippen LogP contribution in [0.1, 0.15) is 37.6 Å². The van der Waals surface area contributed by atoms with Gasteiger partial charge in [-0.2, -0.15) is 0 Å². The van der Waals surface area contributed by atoms with E-state index in [4.69, 9.17) is 9.73 Å². The summed E-state index contributed by atoms with van der Waals surface area (Å²) in [6, 6.07) is 0.882. The molecular formula is C18H33N5OS.